The van der Waals surface area contributed by atoms with Crippen molar-refractivity contribution in [1.29, 1.82) is 0 Å². The van der Waals surface area contributed by atoms with Gasteiger partial charge in [-0.2, -0.15) is 0 Å². The van der Waals surface area contributed by atoms with E-state index in [1.54, 1.807) is 0 Å². The van der Waals surface area contributed by atoms with Gasteiger partial charge in [0.25, 0.3) is 0 Å². The minimum absolute atomic E-state index is 0.181. The van der Waals surface area contributed by atoms with Crippen LogP contribution in [-0.2, 0) is 4.79 Å². The first-order valence-electron chi connectivity index (χ1n) is 6.75. The Morgan fingerprint density at radius 1 is 1.47 bits per heavy atom. The Hall–Kier alpha value is -0.0500. The summed E-state index contributed by atoms with van der Waals surface area (Å²) in [7, 11) is 0. The van der Waals surface area contributed by atoms with Crippen LogP contribution in [0.1, 0.15) is 53.4 Å². The second-order valence-electron chi connectivity index (χ2n) is 6.27. The fourth-order valence-electron chi connectivity index (χ4n) is 2.79. The molecule has 0 aromatic rings. The van der Waals surface area contributed by atoms with Crippen molar-refractivity contribution in [2.75, 3.05) is 5.33 Å². The van der Waals surface area contributed by atoms with Crippen molar-refractivity contribution in [1.82, 2.24) is 5.32 Å². The van der Waals surface area contributed by atoms with Gasteiger partial charge in [-0.25, -0.2) is 0 Å². The summed E-state index contributed by atoms with van der Waals surface area (Å²) in [5.41, 5.74) is 0.181. The highest BCUT2D eigenvalue weighted by Crippen LogP contribution is 2.42. The lowest BCUT2D eigenvalue weighted by Crippen LogP contribution is -2.44. The number of amides is 1. The summed E-state index contributed by atoms with van der Waals surface area (Å²) < 4.78 is 0. The molecule has 0 aliphatic heterocycles. The predicted octanol–water partition coefficient (Wildman–Crippen LogP) is 3.74. The minimum atomic E-state index is 0.181. The maximum Gasteiger partial charge on any atom is 0.223 e. The van der Waals surface area contributed by atoms with Crippen molar-refractivity contribution < 1.29 is 4.79 Å². The average Bonchev–Trinajstić information content (AvgIpc) is 2.57. The summed E-state index contributed by atoms with van der Waals surface area (Å²) in [6, 6.07) is 0.304. The Balaban J connectivity index is 2.58. The Kier molecular flexibility index (Phi) is 5.49. The number of carbonyl (C=O) groups is 1. The molecule has 1 fully saturated rings. The van der Waals surface area contributed by atoms with Crippen LogP contribution in [0.15, 0.2) is 0 Å². The molecule has 3 heteroatoms. The van der Waals surface area contributed by atoms with E-state index in [-0.39, 0.29) is 17.2 Å². The molecule has 0 radical (unpaired) electrons. The molecule has 1 aliphatic rings. The van der Waals surface area contributed by atoms with Gasteiger partial charge in [0.15, 0.2) is 0 Å². The Morgan fingerprint density at radius 2 is 2.12 bits per heavy atom. The quantitative estimate of drug-likeness (QED) is 0.770. The summed E-state index contributed by atoms with van der Waals surface area (Å²) in [4.78, 5) is 12.3. The Morgan fingerprint density at radius 3 is 2.53 bits per heavy atom. The van der Waals surface area contributed by atoms with E-state index >= 15 is 0 Å². The topological polar surface area (TPSA) is 29.1 Å². The van der Waals surface area contributed by atoms with E-state index in [1.165, 1.54) is 12.8 Å². The molecule has 1 rings (SSSR count). The lowest BCUT2D eigenvalue weighted by atomic mass is 9.81. The molecule has 2 atom stereocenters. The second kappa shape index (κ2) is 6.21. The fourth-order valence-corrected chi connectivity index (χ4v) is 3.28. The molecule has 1 amide bonds. The highest BCUT2D eigenvalue weighted by molar-refractivity contribution is 9.09. The van der Waals surface area contributed by atoms with Crippen LogP contribution >= 0.6 is 15.9 Å². The van der Waals surface area contributed by atoms with Gasteiger partial charge in [0.05, 0.1) is 0 Å². The molecular weight excluding hydrogens is 278 g/mol. The number of rotatable bonds is 5. The zero-order valence-corrected chi connectivity index (χ0v) is 13.1. The van der Waals surface area contributed by atoms with E-state index in [0.717, 1.165) is 18.2 Å². The summed E-state index contributed by atoms with van der Waals surface area (Å²) in [6.07, 6.45) is 4.43. The summed E-state index contributed by atoms with van der Waals surface area (Å²) in [5.74, 6) is 0.979. The number of carbonyl (C=O) groups excluding carboxylic acids is 1. The highest BCUT2D eigenvalue weighted by atomic mass is 79.9. The molecule has 100 valence electrons. The average molecular weight is 304 g/mol. The first kappa shape index (κ1) is 15.0. The summed E-state index contributed by atoms with van der Waals surface area (Å²) in [5, 5.41) is 4.19. The Labute approximate surface area is 114 Å². The lowest BCUT2D eigenvalue weighted by molar-refractivity contribution is -0.128. The lowest BCUT2D eigenvalue weighted by Gasteiger charge is -2.29. The van der Waals surface area contributed by atoms with Crippen molar-refractivity contribution in [3.63, 3.8) is 0 Å². The zero-order valence-electron chi connectivity index (χ0n) is 11.6. The summed E-state index contributed by atoms with van der Waals surface area (Å²) >= 11 is 3.46. The zero-order chi connectivity index (χ0) is 13.1. The van der Waals surface area contributed by atoms with Gasteiger partial charge in [-0.1, -0.05) is 50.0 Å². The first-order valence-corrected chi connectivity index (χ1v) is 7.87. The molecule has 0 spiro atoms. The van der Waals surface area contributed by atoms with Crippen molar-refractivity contribution in [3.8, 4) is 0 Å². The van der Waals surface area contributed by atoms with E-state index in [0.29, 0.717) is 12.0 Å². The third-order valence-corrected chi connectivity index (χ3v) is 4.58. The van der Waals surface area contributed by atoms with Crippen LogP contribution in [0, 0.1) is 17.3 Å². The van der Waals surface area contributed by atoms with Gasteiger partial charge < -0.3 is 5.32 Å². The molecule has 0 bridgehead atoms. The van der Waals surface area contributed by atoms with Crippen molar-refractivity contribution in [2.24, 2.45) is 17.3 Å². The molecule has 0 aromatic carbocycles. The minimum Gasteiger partial charge on any atom is -0.353 e. The van der Waals surface area contributed by atoms with E-state index in [9.17, 15) is 4.79 Å². The van der Waals surface area contributed by atoms with E-state index < -0.39 is 0 Å². The SMILES string of the molecule is CC(C)C(CCBr)NC(=O)C1CCCC1(C)C. The highest BCUT2D eigenvalue weighted by Gasteiger charge is 2.39. The number of halogens is 1. The largest absolute Gasteiger partial charge is 0.353 e. The normalized spacial score (nSPS) is 24.9. The van der Waals surface area contributed by atoms with Crippen molar-refractivity contribution in [3.05, 3.63) is 0 Å². The van der Waals surface area contributed by atoms with Crippen molar-refractivity contribution >= 4 is 21.8 Å². The maximum atomic E-state index is 12.3. The van der Waals surface area contributed by atoms with Crippen LogP contribution in [-0.4, -0.2) is 17.3 Å². The molecule has 1 saturated carbocycles. The number of hydrogen-bond donors (Lipinski definition) is 1. The van der Waals surface area contributed by atoms with Gasteiger partial charge in [-0.05, 0) is 30.6 Å². The van der Waals surface area contributed by atoms with Gasteiger partial charge in [-0.15, -0.1) is 0 Å². The smallest absolute Gasteiger partial charge is 0.223 e. The van der Waals surface area contributed by atoms with E-state index in [4.69, 9.17) is 0 Å². The molecule has 0 aromatic heterocycles. The molecule has 0 saturated heterocycles. The third kappa shape index (κ3) is 3.97. The molecule has 1 aliphatic carbocycles. The number of hydrogen-bond acceptors (Lipinski definition) is 1. The van der Waals surface area contributed by atoms with Crippen molar-refractivity contribution in [2.45, 2.75) is 59.4 Å². The second-order valence-corrected chi connectivity index (χ2v) is 7.06. The predicted molar refractivity (Wildman–Crippen MR) is 76.3 cm³/mol. The third-order valence-electron chi connectivity index (χ3n) is 4.13. The van der Waals surface area contributed by atoms with Crippen LogP contribution in [0.5, 0.6) is 0 Å². The molecule has 2 nitrogen and oxygen atoms in total. The molecular formula is C14H26BrNO. The van der Waals surface area contributed by atoms with Gasteiger partial charge in [-0.3, -0.25) is 4.79 Å². The maximum absolute atomic E-state index is 12.3. The van der Waals surface area contributed by atoms with Crippen LogP contribution in [0.4, 0.5) is 0 Å². The van der Waals surface area contributed by atoms with Crippen LogP contribution in [0.2, 0.25) is 0 Å². The first-order chi connectivity index (χ1) is 7.88. The fraction of sp³-hybridized carbons (Fsp3) is 0.929. The van der Waals surface area contributed by atoms with E-state index in [1.807, 2.05) is 0 Å². The molecule has 1 N–H and O–H groups in total. The van der Waals surface area contributed by atoms with Gasteiger partial charge in [0.1, 0.15) is 0 Å². The molecule has 0 heterocycles. The summed E-state index contributed by atoms with van der Waals surface area (Å²) in [6.45, 7) is 8.79. The van der Waals surface area contributed by atoms with Gasteiger partial charge >= 0.3 is 0 Å². The molecule has 17 heavy (non-hydrogen) atoms. The van der Waals surface area contributed by atoms with Crippen LogP contribution < -0.4 is 5.32 Å². The Bertz CT molecular complexity index is 263. The standard InChI is InChI=1S/C14H26BrNO/c1-10(2)12(7-9-15)16-13(17)11-6-5-8-14(11,3)4/h10-12H,5-9H2,1-4H3,(H,16,17). The van der Waals surface area contributed by atoms with Crippen LogP contribution in [0.25, 0.3) is 0 Å². The number of alkyl halides is 1. The monoisotopic (exact) mass is 303 g/mol. The van der Waals surface area contributed by atoms with Gasteiger partial charge in [0.2, 0.25) is 5.91 Å². The van der Waals surface area contributed by atoms with Crippen LogP contribution in [0.3, 0.4) is 0 Å². The molecule has 2 unspecified atom stereocenters. The van der Waals surface area contributed by atoms with Gasteiger partial charge in [0, 0.05) is 17.3 Å². The number of nitrogens with one attached hydrogen (secondary N) is 1. The van der Waals surface area contributed by atoms with E-state index in [2.05, 4.69) is 48.9 Å².